The number of halogens is 3. The van der Waals surface area contributed by atoms with E-state index < -0.39 is 12.1 Å². The first-order chi connectivity index (χ1) is 12.3. The molecule has 1 aromatic carbocycles. The molecule has 0 unspecified atom stereocenters. The molecule has 0 fully saturated rings. The van der Waals surface area contributed by atoms with Crippen LogP contribution in [0.5, 0.6) is 5.75 Å². The Labute approximate surface area is 145 Å². The number of ether oxygens (including phenoxy) is 1. The van der Waals surface area contributed by atoms with E-state index >= 15 is 0 Å². The summed E-state index contributed by atoms with van der Waals surface area (Å²) in [6.45, 7) is -0.0136. The maximum absolute atomic E-state index is 12.5. The third-order valence-corrected chi connectivity index (χ3v) is 3.39. The first-order valence-corrected chi connectivity index (χ1v) is 7.31. The highest BCUT2D eigenvalue weighted by molar-refractivity contribution is 6.10. The third-order valence-electron chi connectivity index (χ3n) is 3.39. The van der Waals surface area contributed by atoms with Gasteiger partial charge in [0.15, 0.2) is 0 Å². The van der Waals surface area contributed by atoms with Gasteiger partial charge >= 0.3 is 6.36 Å². The molecule has 0 saturated carbocycles. The summed E-state index contributed by atoms with van der Waals surface area (Å²) >= 11 is 0. The van der Waals surface area contributed by atoms with E-state index in [0.717, 1.165) is 0 Å². The van der Waals surface area contributed by atoms with Gasteiger partial charge in [-0.05, 0) is 12.1 Å². The molecule has 0 spiro atoms. The van der Waals surface area contributed by atoms with Gasteiger partial charge in [0, 0.05) is 18.0 Å². The third kappa shape index (κ3) is 3.97. The zero-order chi connectivity index (χ0) is 18.7. The van der Waals surface area contributed by atoms with Crippen molar-refractivity contribution >= 4 is 11.6 Å². The molecule has 10 heteroatoms. The van der Waals surface area contributed by atoms with Gasteiger partial charge < -0.3 is 10.5 Å². The van der Waals surface area contributed by atoms with E-state index in [2.05, 4.69) is 19.8 Å². The Morgan fingerprint density at radius 3 is 2.73 bits per heavy atom. The molecule has 3 aromatic rings. The number of nitrogen functional groups attached to an aromatic ring is 1. The molecule has 134 valence electrons. The van der Waals surface area contributed by atoms with E-state index in [1.54, 1.807) is 6.07 Å². The summed E-state index contributed by atoms with van der Waals surface area (Å²) in [5, 5.41) is 4.08. The Morgan fingerprint density at radius 2 is 2.00 bits per heavy atom. The average Bonchev–Trinajstić information content (AvgIpc) is 3.04. The Morgan fingerprint density at radius 1 is 1.23 bits per heavy atom. The van der Waals surface area contributed by atoms with Gasteiger partial charge in [-0.15, -0.1) is 13.2 Å². The molecule has 0 aliphatic heterocycles. The lowest BCUT2D eigenvalue weighted by molar-refractivity contribution is -0.274. The van der Waals surface area contributed by atoms with Crippen LogP contribution in [0.4, 0.5) is 19.0 Å². The minimum atomic E-state index is -4.80. The summed E-state index contributed by atoms with van der Waals surface area (Å²) in [4.78, 5) is 19.9. The maximum atomic E-state index is 12.5. The Bertz CT molecular complexity index is 939. The normalized spacial score (nSPS) is 11.3. The van der Waals surface area contributed by atoms with Crippen molar-refractivity contribution in [1.29, 1.82) is 0 Å². The van der Waals surface area contributed by atoms with E-state index in [4.69, 9.17) is 5.73 Å². The molecule has 7 nitrogen and oxygen atoms in total. The van der Waals surface area contributed by atoms with Crippen molar-refractivity contribution < 1.29 is 22.7 Å². The summed E-state index contributed by atoms with van der Waals surface area (Å²) in [6, 6.07) is 7.13. The Balaban J connectivity index is 1.82. The summed E-state index contributed by atoms with van der Waals surface area (Å²) < 4.78 is 42.8. The van der Waals surface area contributed by atoms with Gasteiger partial charge in [-0.3, -0.25) is 9.48 Å². The van der Waals surface area contributed by atoms with Crippen molar-refractivity contribution in [2.24, 2.45) is 0 Å². The molecule has 2 aromatic heterocycles. The minimum absolute atomic E-state index is 0.0136. The Hall–Kier alpha value is -3.43. The second-order valence-corrected chi connectivity index (χ2v) is 5.20. The molecular weight excluding hydrogens is 351 g/mol. The first kappa shape index (κ1) is 17.4. The lowest BCUT2D eigenvalue weighted by atomic mass is 10.1. The predicted octanol–water partition coefficient (Wildman–Crippen LogP) is 2.43. The van der Waals surface area contributed by atoms with Gasteiger partial charge in [-0.2, -0.15) is 5.10 Å². The number of alkyl halides is 3. The fraction of sp³-hybridized carbons (Fsp3) is 0.125. The van der Waals surface area contributed by atoms with Crippen molar-refractivity contribution in [3.05, 3.63) is 65.9 Å². The van der Waals surface area contributed by atoms with Crippen molar-refractivity contribution in [2.75, 3.05) is 5.73 Å². The predicted molar refractivity (Wildman–Crippen MR) is 84.3 cm³/mol. The van der Waals surface area contributed by atoms with E-state index in [-0.39, 0.29) is 34.9 Å². The van der Waals surface area contributed by atoms with E-state index in [0.29, 0.717) is 0 Å². The molecule has 0 aliphatic carbocycles. The molecule has 2 heterocycles. The number of anilines is 1. The van der Waals surface area contributed by atoms with Gasteiger partial charge in [0.25, 0.3) is 0 Å². The fourth-order valence-corrected chi connectivity index (χ4v) is 2.26. The van der Waals surface area contributed by atoms with Gasteiger partial charge in [0.05, 0.1) is 12.1 Å². The quantitative estimate of drug-likeness (QED) is 0.700. The number of carbonyl (C=O) groups is 1. The minimum Gasteiger partial charge on any atom is -0.405 e. The van der Waals surface area contributed by atoms with Crippen LogP contribution in [0.2, 0.25) is 0 Å². The number of nitrogens with zero attached hydrogens (tertiary/aromatic N) is 4. The number of carbonyl (C=O) groups excluding carboxylic acids is 1. The highest BCUT2D eigenvalue weighted by atomic mass is 19.4. The van der Waals surface area contributed by atoms with Crippen molar-refractivity contribution in [3.63, 3.8) is 0 Å². The smallest absolute Gasteiger partial charge is 0.405 e. The summed E-state index contributed by atoms with van der Waals surface area (Å²) in [5.74, 6) is -0.797. The van der Waals surface area contributed by atoms with Crippen LogP contribution in [0.1, 0.15) is 21.6 Å². The highest BCUT2D eigenvalue weighted by Gasteiger charge is 2.32. The molecule has 0 atom stereocenters. The standard InChI is InChI=1S/C16H12F3N5O2/c17-16(18,19)26-13-4-2-1-3-10(13)8-24-6-5-12(23-24)14(25)11-7-21-9-22-15(11)20/h1-7,9H,8H2,(H2,20,21,22). The molecular formula is C16H12F3N5O2. The van der Waals surface area contributed by atoms with Crippen molar-refractivity contribution in [2.45, 2.75) is 12.9 Å². The summed E-state index contributed by atoms with van der Waals surface area (Å²) in [7, 11) is 0. The number of para-hydroxylation sites is 1. The molecule has 0 aliphatic rings. The van der Waals surface area contributed by atoms with Crippen molar-refractivity contribution in [3.8, 4) is 5.75 Å². The SMILES string of the molecule is Nc1ncncc1C(=O)c1ccn(Cc2ccccc2OC(F)(F)F)n1. The monoisotopic (exact) mass is 363 g/mol. The van der Waals surface area contributed by atoms with E-state index in [1.165, 1.54) is 47.7 Å². The second kappa shape index (κ2) is 6.82. The maximum Gasteiger partial charge on any atom is 0.573 e. The zero-order valence-corrected chi connectivity index (χ0v) is 13.1. The number of hydrogen-bond acceptors (Lipinski definition) is 6. The van der Waals surface area contributed by atoms with E-state index in [1.807, 2.05) is 0 Å². The lowest BCUT2D eigenvalue weighted by Crippen LogP contribution is -2.18. The summed E-state index contributed by atoms with van der Waals surface area (Å²) in [6.07, 6.45) is -0.845. The average molecular weight is 363 g/mol. The number of ketones is 1. The van der Waals surface area contributed by atoms with E-state index in [9.17, 15) is 18.0 Å². The van der Waals surface area contributed by atoms with Gasteiger partial charge in [-0.1, -0.05) is 18.2 Å². The first-order valence-electron chi connectivity index (χ1n) is 7.31. The van der Waals surface area contributed by atoms with Gasteiger partial charge in [0.1, 0.15) is 23.6 Å². The van der Waals surface area contributed by atoms with Gasteiger partial charge in [-0.25, -0.2) is 9.97 Å². The molecule has 0 bridgehead atoms. The number of aromatic nitrogens is 4. The number of rotatable bonds is 5. The van der Waals surface area contributed by atoms with Crippen LogP contribution >= 0.6 is 0 Å². The van der Waals surface area contributed by atoms with Crippen LogP contribution in [0.25, 0.3) is 0 Å². The Kier molecular flexibility index (Phi) is 4.57. The molecule has 0 radical (unpaired) electrons. The fourth-order valence-electron chi connectivity index (χ4n) is 2.26. The number of benzene rings is 1. The van der Waals surface area contributed by atoms with Gasteiger partial charge in [0.2, 0.25) is 5.78 Å². The van der Waals surface area contributed by atoms with Crippen LogP contribution in [-0.4, -0.2) is 31.9 Å². The molecule has 2 N–H and O–H groups in total. The second-order valence-electron chi connectivity index (χ2n) is 5.20. The number of hydrogen-bond donors (Lipinski definition) is 1. The highest BCUT2D eigenvalue weighted by Crippen LogP contribution is 2.26. The van der Waals surface area contributed by atoms with Crippen LogP contribution in [-0.2, 0) is 6.54 Å². The molecule has 3 rings (SSSR count). The van der Waals surface area contributed by atoms with Crippen molar-refractivity contribution in [1.82, 2.24) is 19.7 Å². The van der Waals surface area contributed by atoms with Crippen LogP contribution in [0, 0.1) is 0 Å². The topological polar surface area (TPSA) is 95.9 Å². The molecule has 26 heavy (non-hydrogen) atoms. The summed E-state index contributed by atoms with van der Waals surface area (Å²) in [5.41, 5.74) is 6.06. The van der Waals surface area contributed by atoms with Crippen LogP contribution < -0.4 is 10.5 Å². The van der Waals surface area contributed by atoms with Crippen LogP contribution in [0.15, 0.2) is 49.1 Å². The lowest BCUT2D eigenvalue weighted by Gasteiger charge is -2.13. The number of nitrogens with two attached hydrogens (primary N) is 1. The van der Waals surface area contributed by atoms with Crippen LogP contribution in [0.3, 0.4) is 0 Å². The molecule has 0 saturated heterocycles. The largest absolute Gasteiger partial charge is 0.573 e. The molecule has 0 amide bonds. The zero-order valence-electron chi connectivity index (χ0n) is 13.1.